The fourth-order valence-electron chi connectivity index (χ4n) is 7.32. The van der Waals surface area contributed by atoms with Crippen LogP contribution in [0, 0.1) is 5.92 Å². The van der Waals surface area contributed by atoms with Gasteiger partial charge in [0.15, 0.2) is 0 Å². The van der Waals surface area contributed by atoms with Crippen molar-refractivity contribution in [3.63, 3.8) is 0 Å². The van der Waals surface area contributed by atoms with Crippen molar-refractivity contribution in [3.8, 4) is 5.75 Å². The number of anilines is 1. The molecular formula is C33H36ClNO4. The second-order valence-electron chi connectivity index (χ2n) is 11.4. The third-order valence-electron chi connectivity index (χ3n) is 9.33. The Labute approximate surface area is 235 Å². The molecule has 2 N–H and O–H groups in total. The summed E-state index contributed by atoms with van der Waals surface area (Å²) in [6.45, 7) is 1.41. The van der Waals surface area contributed by atoms with Gasteiger partial charge in [-0.1, -0.05) is 60.1 Å². The van der Waals surface area contributed by atoms with Crippen LogP contribution in [-0.2, 0) is 21.4 Å². The zero-order valence-corrected chi connectivity index (χ0v) is 23.0. The number of carboxylic acid groups (broad SMARTS) is 1. The van der Waals surface area contributed by atoms with Crippen molar-refractivity contribution in [1.82, 2.24) is 0 Å². The van der Waals surface area contributed by atoms with Gasteiger partial charge in [0.1, 0.15) is 11.3 Å². The number of benzene rings is 3. The van der Waals surface area contributed by atoms with Gasteiger partial charge in [-0.15, -0.1) is 0 Å². The van der Waals surface area contributed by atoms with E-state index in [0.29, 0.717) is 30.4 Å². The van der Waals surface area contributed by atoms with Gasteiger partial charge in [0, 0.05) is 29.3 Å². The second-order valence-corrected chi connectivity index (χ2v) is 11.9. The SMILES string of the molecule is O=C(O)C1(Nc2cccc(Cl)c2)CCC2(CC1)c1ccccc1CC2CCCO[C@@H]1CCOc2ccccc21. The quantitative estimate of drug-likeness (QED) is 0.285. The summed E-state index contributed by atoms with van der Waals surface area (Å²) in [5.74, 6) is 0.637. The van der Waals surface area contributed by atoms with E-state index in [9.17, 15) is 9.90 Å². The fourth-order valence-corrected chi connectivity index (χ4v) is 7.51. The van der Waals surface area contributed by atoms with Crippen molar-refractivity contribution in [1.29, 1.82) is 0 Å². The molecule has 0 radical (unpaired) electrons. The number of carboxylic acids is 1. The molecule has 6 heteroatoms. The van der Waals surface area contributed by atoms with E-state index in [1.807, 2.05) is 30.3 Å². The van der Waals surface area contributed by atoms with E-state index in [1.165, 1.54) is 11.1 Å². The highest BCUT2D eigenvalue weighted by molar-refractivity contribution is 6.30. The van der Waals surface area contributed by atoms with Gasteiger partial charge in [0.25, 0.3) is 0 Å². The molecule has 1 aliphatic heterocycles. The average molecular weight is 546 g/mol. The van der Waals surface area contributed by atoms with Crippen molar-refractivity contribution in [2.45, 2.75) is 68.4 Å². The fraction of sp³-hybridized carbons (Fsp3) is 0.424. The molecule has 3 aliphatic rings. The highest BCUT2D eigenvalue weighted by atomic mass is 35.5. The summed E-state index contributed by atoms with van der Waals surface area (Å²) >= 11 is 6.19. The Morgan fingerprint density at radius 2 is 1.82 bits per heavy atom. The lowest BCUT2D eigenvalue weighted by molar-refractivity contribution is -0.144. The van der Waals surface area contributed by atoms with Gasteiger partial charge in [-0.3, -0.25) is 0 Å². The maximum atomic E-state index is 12.6. The Hall–Kier alpha value is -3.02. The van der Waals surface area contributed by atoms with Crippen LogP contribution in [0.4, 0.5) is 5.69 Å². The first-order valence-electron chi connectivity index (χ1n) is 14.2. The number of fused-ring (bicyclic) bond motifs is 3. The molecule has 0 saturated heterocycles. The van der Waals surface area contributed by atoms with Gasteiger partial charge in [0.05, 0.1) is 12.7 Å². The Morgan fingerprint density at radius 3 is 2.64 bits per heavy atom. The van der Waals surface area contributed by atoms with Crippen LogP contribution >= 0.6 is 11.6 Å². The summed E-state index contributed by atoms with van der Waals surface area (Å²) in [6.07, 6.45) is 6.94. The van der Waals surface area contributed by atoms with Gasteiger partial charge >= 0.3 is 5.97 Å². The molecule has 0 aromatic heterocycles. The maximum absolute atomic E-state index is 12.6. The first-order chi connectivity index (χ1) is 19.0. The predicted octanol–water partition coefficient (Wildman–Crippen LogP) is 7.58. The summed E-state index contributed by atoms with van der Waals surface area (Å²) in [5.41, 5.74) is 3.78. The third-order valence-corrected chi connectivity index (χ3v) is 9.57. The Kier molecular flexibility index (Phi) is 7.30. The minimum atomic E-state index is -0.989. The number of nitrogens with one attached hydrogen (secondary N) is 1. The molecule has 0 amide bonds. The van der Waals surface area contributed by atoms with E-state index >= 15 is 0 Å². The first-order valence-corrected chi connectivity index (χ1v) is 14.6. The van der Waals surface area contributed by atoms with Crippen LogP contribution < -0.4 is 10.1 Å². The highest BCUT2D eigenvalue weighted by Gasteiger charge is 2.53. The van der Waals surface area contributed by atoms with Crippen LogP contribution in [0.2, 0.25) is 5.02 Å². The van der Waals surface area contributed by atoms with E-state index in [4.69, 9.17) is 21.1 Å². The number of carbonyl (C=O) groups is 1. The summed E-state index contributed by atoms with van der Waals surface area (Å²) < 4.78 is 12.2. The lowest BCUT2D eigenvalue weighted by Gasteiger charge is -2.47. The monoisotopic (exact) mass is 545 g/mol. The Bertz CT molecular complexity index is 1330. The van der Waals surface area contributed by atoms with E-state index in [1.54, 1.807) is 12.1 Å². The van der Waals surface area contributed by atoms with Crippen molar-refractivity contribution >= 4 is 23.3 Å². The average Bonchev–Trinajstić information content (AvgIpc) is 3.25. The van der Waals surface area contributed by atoms with Crippen LogP contribution in [0.15, 0.2) is 72.8 Å². The lowest BCUT2D eigenvalue weighted by Crippen LogP contribution is -2.53. The Morgan fingerprint density at radius 1 is 1.03 bits per heavy atom. The number of ether oxygens (including phenoxy) is 2. The molecule has 1 fully saturated rings. The molecule has 204 valence electrons. The van der Waals surface area contributed by atoms with Crippen molar-refractivity contribution < 1.29 is 19.4 Å². The highest BCUT2D eigenvalue weighted by Crippen LogP contribution is 2.55. The van der Waals surface area contributed by atoms with Gasteiger partial charge in [-0.2, -0.15) is 0 Å². The normalized spacial score (nSPS) is 27.4. The number of para-hydroxylation sites is 1. The van der Waals surface area contributed by atoms with Crippen molar-refractivity contribution in [3.05, 3.63) is 94.5 Å². The van der Waals surface area contributed by atoms with Crippen LogP contribution in [0.1, 0.15) is 67.7 Å². The molecule has 6 rings (SSSR count). The molecule has 39 heavy (non-hydrogen) atoms. The summed E-state index contributed by atoms with van der Waals surface area (Å²) in [4.78, 5) is 12.6. The molecule has 0 bridgehead atoms. The van der Waals surface area contributed by atoms with Gasteiger partial charge < -0.3 is 19.9 Å². The van der Waals surface area contributed by atoms with Crippen LogP contribution in [-0.4, -0.2) is 29.8 Å². The number of hydrogen-bond acceptors (Lipinski definition) is 4. The molecule has 1 heterocycles. The standard InChI is InChI=1S/C33H36ClNO4/c34-25-9-5-10-26(22-25)35-33(31(36)37)17-15-32(16-18-33)24(21-23-7-1-3-12-28(23)32)8-6-19-38-30-14-20-39-29-13-4-2-11-27(29)30/h1-5,7,9-13,22,24,30,35H,6,8,14-21H2,(H,36,37)/t24?,30-,32?,33?/m1/s1. The van der Waals surface area contributed by atoms with Gasteiger partial charge in [0.2, 0.25) is 0 Å². The summed E-state index contributed by atoms with van der Waals surface area (Å²) in [6, 6.07) is 24.4. The molecule has 1 spiro atoms. The minimum Gasteiger partial charge on any atom is -0.493 e. The van der Waals surface area contributed by atoms with Crippen LogP contribution in [0.3, 0.4) is 0 Å². The van der Waals surface area contributed by atoms with Crippen molar-refractivity contribution in [2.24, 2.45) is 5.92 Å². The Balaban J connectivity index is 1.15. The number of hydrogen-bond donors (Lipinski definition) is 2. The smallest absolute Gasteiger partial charge is 0.329 e. The zero-order valence-electron chi connectivity index (χ0n) is 22.2. The largest absolute Gasteiger partial charge is 0.493 e. The number of halogens is 1. The van der Waals surface area contributed by atoms with Gasteiger partial charge in [-0.25, -0.2) is 4.79 Å². The summed E-state index contributed by atoms with van der Waals surface area (Å²) in [5, 5.41) is 14.3. The van der Waals surface area contributed by atoms with Crippen LogP contribution in [0.25, 0.3) is 0 Å². The van der Waals surface area contributed by atoms with E-state index in [0.717, 1.165) is 62.1 Å². The molecular weight excluding hydrogens is 510 g/mol. The third kappa shape index (κ3) is 5.03. The van der Waals surface area contributed by atoms with Crippen molar-refractivity contribution in [2.75, 3.05) is 18.5 Å². The first kappa shape index (κ1) is 26.2. The van der Waals surface area contributed by atoms with E-state index in [-0.39, 0.29) is 11.5 Å². The molecule has 3 aromatic carbocycles. The second kappa shape index (κ2) is 10.9. The predicted molar refractivity (Wildman–Crippen MR) is 154 cm³/mol. The zero-order chi connectivity index (χ0) is 26.9. The lowest BCUT2D eigenvalue weighted by atomic mass is 9.60. The molecule has 3 aromatic rings. The topological polar surface area (TPSA) is 67.8 Å². The molecule has 5 nitrogen and oxygen atoms in total. The molecule has 1 saturated carbocycles. The molecule has 1 unspecified atom stereocenters. The van der Waals surface area contributed by atoms with Crippen LogP contribution in [0.5, 0.6) is 5.75 Å². The van der Waals surface area contributed by atoms with E-state index < -0.39 is 11.5 Å². The molecule has 2 atom stereocenters. The number of rotatable bonds is 8. The minimum absolute atomic E-state index is 0.0107. The molecule has 2 aliphatic carbocycles. The maximum Gasteiger partial charge on any atom is 0.329 e. The summed E-state index contributed by atoms with van der Waals surface area (Å²) in [7, 11) is 0. The van der Waals surface area contributed by atoms with Gasteiger partial charge in [-0.05, 0) is 91.7 Å². The van der Waals surface area contributed by atoms with E-state index in [2.05, 4.69) is 35.6 Å². The number of aliphatic carboxylic acids is 1.